The summed E-state index contributed by atoms with van der Waals surface area (Å²) in [5.41, 5.74) is 13.7. The number of nitrogens with zero attached hydrogens (tertiary/aromatic N) is 2. The largest absolute Gasteiger partial charge is 0.310 e. The first-order valence-electron chi connectivity index (χ1n) is 25.7. The predicted octanol–water partition coefficient (Wildman–Crippen LogP) is 21.2. The molecule has 3 heteroatoms. The van der Waals surface area contributed by atoms with Gasteiger partial charge >= 0.3 is 0 Å². The molecule has 0 aliphatic carbocycles. The highest BCUT2D eigenvalue weighted by molar-refractivity contribution is 7.25. The van der Waals surface area contributed by atoms with Crippen LogP contribution in [0.5, 0.6) is 0 Å². The lowest BCUT2D eigenvalue weighted by Crippen LogP contribution is -2.13. The summed E-state index contributed by atoms with van der Waals surface area (Å²) in [5.74, 6) is 0. The zero-order valence-electron chi connectivity index (χ0n) is 40.9. The second-order valence-electron chi connectivity index (χ2n) is 19.5. The van der Waals surface area contributed by atoms with Gasteiger partial charge in [-0.05, 0) is 155 Å². The van der Waals surface area contributed by atoms with Crippen LogP contribution in [0.25, 0.3) is 107 Å². The van der Waals surface area contributed by atoms with E-state index in [4.69, 9.17) is 0 Å². The highest BCUT2D eigenvalue weighted by atomic mass is 32.1. The molecule has 14 aromatic rings. The van der Waals surface area contributed by atoms with Crippen LogP contribution in [-0.2, 0) is 0 Å². The maximum atomic E-state index is 2.49. The van der Waals surface area contributed by atoms with Crippen molar-refractivity contribution < 1.29 is 0 Å². The average Bonchev–Trinajstić information content (AvgIpc) is 3.80. The van der Waals surface area contributed by atoms with Crippen molar-refractivity contribution in [2.24, 2.45) is 0 Å². The zero-order valence-corrected chi connectivity index (χ0v) is 41.7. The fourth-order valence-electron chi connectivity index (χ4n) is 12.0. The van der Waals surface area contributed by atoms with E-state index in [-0.39, 0.29) is 0 Å². The summed E-state index contributed by atoms with van der Waals surface area (Å²) >= 11 is 1.88. The van der Waals surface area contributed by atoms with Gasteiger partial charge in [-0.3, -0.25) is 0 Å². The Morgan fingerprint density at radius 2 is 0.680 bits per heavy atom. The smallest absolute Gasteiger partial charge is 0.0542 e. The van der Waals surface area contributed by atoms with Crippen LogP contribution in [-0.4, -0.2) is 0 Å². The van der Waals surface area contributed by atoms with E-state index in [2.05, 4.69) is 289 Å². The average molecular weight is 971 g/mol. The van der Waals surface area contributed by atoms with Gasteiger partial charge in [-0.15, -0.1) is 11.3 Å². The molecule has 13 aromatic carbocycles. The first-order valence-corrected chi connectivity index (χ1v) is 26.6. The van der Waals surface area contributed by atoms with Crippen LogP contribution in [0.1, 0.15) is 0 Å². The molecule has 1 aromatic heterocycles. The van der Waals surface area contributed by atoms with Gasteiger partial charge in [0, 0.05) is 54.0 Å². The Kier molecular flexibility index (Phi) is 10.1. The molecule has 0 amide bonds. The van der Waals surface area contributed by atoms with E-state index in [0.717, 1.165) is 39.7 Å². The molecule has 0 atom stereocenters. The Labute approximate surface area is 439 Å². The number of rotatable bonds is 5. The molecule has 0 N–H and O–H groups in total. The third-order valence-electron chi connectivity index (χ3n) is 15.4. The van der Waals surface area contributed by atoms with Crippen LogP contribution in [0.4, 0.5) is 34.1 Å². The van der Waals surface area contributed by atoms with Gasteiger partial charge in [-0.1, -0.05) is 200 Å². The summed E-state index contributed by atoms with van der Waals surface area (Å²) < 4.78 is 2.57. The molecule has 0 unspecified atom stereocenters. The summed E-state index contributed by atoms with van der Waals surface area (Å²) in [4.78, 5) is 4.90. The fraction of sp³-hybridized carbons (Fsp3) is 0. The van der Waals surface area contributed by atoms with Crippen molar-refractivity contribution in [3.63, 3.8) is 0 Å². The van der Waals surface area contributed by atoms with Gasteiger partial charge in [0.15, 0.2) is 0 Å². The molecule has 2 heterocycles. The summed E-state index contributed by atoms with van der Waals surface area (Å²) in [6, 6.07) is 103. The highest BCUT2D eigenvalue weighted by Crippen LogP contribution is 2.53. The molecular formula is C72H46N2S. The lowest BCUT2D eigenvalue weighted by molar-refractivity contribution is 1.27. The Morgan fingerprint density at radius 3 is 1.35 bits per heavy atom. The molecule has 1 aliphatic rings. The standard InChI is InChI=1S/C72H46N2S/c1-3-19-47(20-4-1)48-35-37-50(38-36-48)73(52-40-42-70-67(44-52)60-30-14-12-28-58(60)62-31-15-17-33-69(62)74(70)49-21-5-2-6-22-49)51-39-41-61-57-27-10-9-25-55(57)53-23-7-8-24-54(53)56-26-11-13-29-59(56)65-45-68-63-32-16-18-34-71(63)75-72(68)46-66(65)64(61)43-51/h1-46H. The van der Waals surface area contributed by atoms with Crippen molar-refractivity contribution in [1.29, 1.82) is 0 Å². The predicted molar refractivity (Wildman–Crippen MR) is 324 cm³/mol. The fourth-order valence-corrected chi connectivity index (χ4v) is 13.1. The lowest BCUT2D eigenvalue weighted by Gasteiger charge is -2.30. The molecular weight excluding hydrogens is 925 g/mol. The molecule has 2 nitrogen and oxygen atoms in total. The summed E-state index contributed by atoms with van der Waals surface area (Å²) in [6.45, 7) is 0. The summed E-state index contributed by atoms with van der Waals surface area (Å²) in [5, 5.41) is 14.7. The minimum Gasteiger partial charge on any atom is -0.310 e. The van der Waals surface area contributed by atoms with Crippen LogP contribution < -0.4 is 9.80 Å². The highest BCUT2D eigenvalue weighted by Gasteiger charge is 2.27. The topological polar surface area (TPSA) is 6.48 Å². The first-order chi connectivity index (χ1) is 37.2. The summed E-state index contributed by atoms with van der Waals surface area (Å²) in [7, 11) is 0. The monoisotopic (exact) mass is 970 g/mol. The van der Waals surface area contributed by atoms with E-state index < -0.39 is 0 Å². The van der Waals surface area contributed by atoms with Crippen LogP contribution >= 0.6 is 11.3 Å². The molecule has 0 radical (unpaired) electrons. The number of fused-ring (bicyclic) bond motifs is 18. The second-order valence-corrected chi connectivity index (χ2v) is 20.6. The van der Waals surface area contributed by atoms with Gasteiger partial charge in [0.1, 0.15) is 0 Å². The number of hydrogen-bond acceptors (Lipinski definition) is 3. The normalized spacial score (nSPS) is 12.0. The van der Waals surface area contributed by atoms with Gasteiger partial charge in [0.2, 0.25) is 0 Å². The lowest BCUT2D eigenvalue weighted by atomic mass is 9.93. The minimum absolute atomic E-state index is 1.06. The number of thiophene rings is 1. The van der Waals surface area contributed by atoms with Crippen LogP contribution in [0.2, 0.25) is 0 Å². The van der Waals surface area contributed by atoms with Gasteiger partial charge in [-0.25, -0.2) is 0 Å². The van der Waals surface area contributed by atoms with Crippen molar-refractivity contribution in [1.82, 2.24) is 0 Å². The first kappa shape index (κ1) is 43.1. The van der Waals surface area contributed by atoms with E-state index in [0.29, 0.717) is 0 Å². The molecule has 0 fully saturated rings. The van der Waals surface area contributed by atoms with Crippen molar-refractivity contribution >= 4 is 119 Å². The molecule has 0 bridgehead atoms. The van der Waals surface area contributed by atoms with E-state index >= 15 is 0 Å². The quantitative estimate of drug-likeness (QED) is 0.170. The van der Waals surface area contributed by atoms with E-state index in [1.54, 1.807) is 0 Å². The molecule has 0 saturated carbocycles. The number of para-hydroxylation sites is 2. The summed E-state index contributed by atoms with van der Waals surface area (Å²) in [6.07, 6.45) is 0. The number of benzene rings is 12. The van der Waals surface area contributed by atoms with Crippen LogP contribution in [0, 0.1) is 0 Å². The maximum Gasteiger partial charge on any atom is 0.0542 e. The van der Waals surface area contributed by atoms with Crippen molar-refractivity contribution in [3.05, 3.63) is 279 Å². The Balaban J connectivity index is 1.07. The third kappa shape index (κ3) is 7.08. The molecule has 75 heavy (non-hydrogen) atoms. The van der Waals surface area contributed by atoms with Crippen molar-refractivity contribution in [2.45, 2.75) is 0 Å². The van der Waals surface area contributed by atoms with Gasteiger partial charge in [0.05, 0.1) is 11.4 Å². The molecule has 0 spiro atoms. The SMILES string of the molecule is c1ccc(-c2ccc(N(c3ccc4c(c3)-c3ccccc3-c3ccccc3N4c3ccccc3)c3ccc4c5ccccc5c5ccccc5c5ccccc5c5cc6c(cc5c4c3)sc3ccccc36)cc2)cc1. The number of hydrogen-bond donors (Lipinski definition) is 0. The molecule has 0 saturated heterocycles. The Morgan fingerprint density at radius 1 is 0.240 bits per heavy atom. The van der Waals surface area contributed by atoms with E-state index in [9.17, 15) is 0 Å². The maximum absolute atomic E-state index is 2.49. The molecule has 15 rings (SSSR count). The minimum atomic E-state index is 1.06. The van der Waals surface area contributed by atoms with Crippen LogP contribution in [0.15, 0.2) is 279 Å². The second kappa shape index (κ2) is 17.6. The van der Waals surface area contributed by atoms with Gasteiger partial charge < -0.3 is 9.80 Å². The van der Waals surface area contributed by atoms with Gasteiger partial charge in [-0.2, -0.15) is 0 Å². The van der Waals surface area contributed by atoms with Crippen LogP contribution in [0.3, 0.4) is 0 Å². The third-order valence-corrected chi connectivity index (χ3v) is 16.5. The van der Waals surface area contributed by atoms with Gasteiger partial charge in [0.25, 0.3) is 0 Å². The molecule has 350 valence electrons. The van der Waals surface area contributed by atoms with E-state index in [1.807, 2.05) is 11.3 Å². The van der Waals surface area contributed by atoms with Crippen molar-refractivity contribution in [2.75, 3.05) is 9.80 Å². The number of anilines is 6. The Bertz CT molecular complexity index is 4650. The van der Waals surface area contributed by atoms with Crippen molar-refractivity contribution in [3.8, 4) is 33.4 Å². The molecule has 1 aliphatic heterocycles. The Hall–Kier alpha value is -9.54. The van der Waals surface area contributed by atoms with E-state index in [1.165, 1.54) is 102 Å². The zero-order chi connectivity index (χ0) is 49.4.